The minimum atomic E-state index is -3.82. The van der Waals surface area contributed by atoms with Crippen LogP contribution in [0.1, 0.15) is 26.6 Å². The maximum atomic E-state index is 12.8. The fourth-order valence-electron chi connectivity index (χ4n) is 2.27. The standard InChI is InChI=1S/C16H21BrN4O3S/c1-4-21-11-19-20-14(21)9-10-18-15(22)16(2,3)25(23,24)13-7-5-12(17)6-8-13/h5-8,11H,4,9-10H2,1-3H3,(H,18,22). The van der Waals surface area contributed by atoms with E-state index in [9.17, 15) is 13.2 Å². The molecule has 1 N–H and O–H groups in total. The Morgan fingerprint density at radius 3 is 2.52 bits per heavy atom. The Balaban J connectivity index is 2.07. The highest BCUT2D eigenvalue weighted by atomic mass is 79.9. The average Bonchev–Trinajstić information content (AvgIpc) is 3.02. The van der Waals surface area contributed by atoms with Crippen molar-refractivity contribution in [3.8, 4) is 0 Å². The number of nitrogens with one attached hydrogen (secondary N) is 1. The number of aryl methyl sites for hydroxylation is 1. The van der Waals surface area contributed by atoms with Gasteiger partial charge in [-0.3, -0.25) is 4.79 Å². The van der Waals surface area contributed by atoms with E-state index in [0.29, 0.717) is 6.42 Å². The van der Waals surface area contributed by atoms with Crippen molar-refractivity contribution in [2.24, 2.45) is 0 Å². The number of carbonyl (C=O) groups is 1. The molecule has 0 saturated carbocycles. The number of amides is 1. The van der Waals surface area contributed by atoms with E-state index in [-0.39, 0.29) is 11.4 Å². The van der Waals surface area contributed by atoms with Crippen LogP contribution in [0.25, 0.3) is 0 Å². The summed E-state index contributed by atoms with van der Waals surface area (Å²) in [4.78, 5) is 12.6. The fourth-order valence-corrected chi connectivity index (χ4v) is 3.93. The topological polar surface area (TPSA) is 93.9 Å². The maximum Gasteiger partial charge on any atom is 0.241 e. The number of nitrogens with zero attached hydrogens (tertiary/aromatic N) is 3. The van der Waals surface area contributed by atoms with Crippen molar-refractivity contribution < 1.29 is 13.2 Å². The van der Waals surface area contributed by atoms with E-state index in [0.717, 1.165) is 16.8 Å². The molecule has 0 aliphatic heterocycles. The van der Waals surface area contributed by atoms with Gasteiger partial charge in [-0.1, -0.05) is 15.9 Å². The van der Waals surface area contributed by atoms with E-state index in [4.69, 9.17) is 0 Å². The van der Waals surface area contributed by atoms with E-state index in [1.807, 2.05) is 11.5 Å². The Kier molecular flexibility index (Phi) is 5.99. The molecule has 7 nitrogen and oxygen atoms in total. The summed E-state index contributed by atoms with van der Waals surface area (Å²) in [5.41, 5.74) is 0. The van der Waals surface area contributed by atoms with Crippen LogP contribution in [-0.2, 0) is 27.6 Å². The third-order valence-electron chi connectivity index (χ3n) is 4.01. The average molecular weight is 429 g/mol. The lowest BCUT2D eigenvalue weighted by Gasteiger charge is -2.24. The molecule has 0 fully saturated rings. The molecule has 0 unspecified atom stereocenters. The third kappa shape index (κ3) is 4.09. The summed E-state index contributed by atoms with van der Waals surface area (Å²) in [6.07, 6.45) is 2.10. The lowest BCUT2D eigenvalue weighted by atomic mass is 10.2. The summed E-state index contributed by atoms with van der Waals surface area (Å²) in [5.74, 6) is 0.203. The third-order valence-corrected chi connectivity index (χ3v) is 6.96. The SMILES string of the molecule is CCn1cnnc1CCNC(=O)C(C)(C)S(=O)(=O)c1ccc(Br)cc1. The minimum Gasteiger partial charge on any atom is -0.354 e. The summed E-state index contributed by atoms with van der Waals surface area (Å²) in [5, 5.41) is 10.5. The van der Waals surface area contributed by atoms with Gasteiger partial charge in [0.15, 0.2) is 9.84 Å². The van der Waals surface area contributed by atoms with E-state index >= 15 is 0 Å². The van der Waals surface area contributed by atoms with Gasteiger partial charge >= 0.3 is 0 Å². The second kappa shape index (κ2) is 7.65. The van der Waals surface area contributed by atoms with Gasteiger partial charge in [0.05, 0.1) is 4.90 Å². The number of sulfone groups is 1. The first-order valence-electron chi connectivity index (χ1n) is 7.85. The molecule has 9 heteroatoms. The van der Waals surface area contributed by atoms with Crippen LogP contribution in [0.2, 0.25) is 0 Å². The first-order valence-corrected chi connectivity index (χ1v) is 10.1. The van der Waals surface area contributed by atoms with E-state index < -0.39 is 20.5 Å². The molecule has 2 rings (SSSR count). The number of benzene rings is 1. The number of aromatic nitrogens is 3. The Labute approximate surface area is 155 Å². The van der Waals surface area contributed by atoms with Crippen molar-refractivity contribution in [1.82, 2.24) is 20.1 Å². The lowest BCUT2D eigenvalue weighted by molar-refractivity contribution is -0.122. The zero-order valence-corrected chi connectivity index (χ0v) is 16.8. The maximum absolute atomic E-state index is 12.8. The van der Waals surface area contributed by atoms with Gasteiger partial charge in [-0.2, -0.15) is 0 Å². The van der Waals surface area contributed by atoms with E-state index in [1.165, 1.54) is 26.0 Å². The van der Waals surface area contributed by atoms with Crippen molar-refractivity contribution in [2.45, 2.75) is 43.4 Å². The normalized spacial score (nSPS) is 12.2. The van der Waals surface area contributed by atoms with Crippen molar-refractivity contribution in [2.75, 3.05) is 6.54 Å². The summed E-state index contributed by atoms with van der Waals surface area (Å²) in [6, 6.07) is 6.24. The predicted molar refractivity (Wildman–Crippen MR) is 97.8 cm³/mol. The number of hydrogen-bond acceptors (Lipinski definition) is 5. The highest BCUT2D eigenvalue weighted by Crippen LogP contribution is 2.26. The van der Waals surface area contributed by atoms with Crippen LogP contribution in [0.4, 0.5) is 0 Å². The molecular weight excluding hydrogens is 408 g/mol. The molecule has 0 aliphatic carbocycles. The summed E-state index contributed by atoms with van der Waals surface area (Å²) in [6.45, 7) is 5.82. The van der Waals surface area contributed by atoms with Gasteiger partial charge < -0.3 is 9.88 Å². The van der Waals surface area contributed by atoms with Crippen molar-refractivity contribution >= 4 is 31.7 Å². The van der Waals surface area contributed by atoms with Crippen molar-refractivity contribution in [1.29, 1.82) is 0 Å². The smallest absolute Gasteiger partial charge is 0.241 e. The van der Waals surface area contributed by atoms with Crippen LogP contribution < -0.4 is 5.32 Å². The van der Waals surface area contributed by atoms with Crippen LogP contribution in [0.5, 0.6) is 0 Å². The highest BCUT2D eigenvalue weighted by molar-refractivity contribution is 9.10. The summed E-state index contributed by atoms with van der Waals surface area (Å²) < 4.78 is 26.7. The van der Waals surface area contributed by atoms with E-state index in [2.05, 4.69) is 31.4 Å². The Morgan fingerprint density at radius 1 is 1.28 bits per heavy atom. The van der Waals surface area contributed by atoms with Gasteiger partial charge in [0, 0.05) is 24.0 Å². The molecule has 1 amide bonds. The predicted octanol–water partition coefficient (Wildman–Crippen LogP) is 1.97. The van der Waals surface area contributed by atoms with Crippen LogP contribution in [0, 0.1) is 0 Å². The first-order chi connectivity index (χ1) is 11.7. The summed E-state index contributed by atoms with van der Waals surface area (Å²) >= 11 is 3.27. The Bertz CT molecular complexity index is 845. The molecule has 0 spiro atoms. The monoisotopic (exact) mass is 428 g/mol. The molecule has 1 heterocycles. The quantitative estimate of drug-likeness (QED) is 0.727. The molecule has 1 aromatic carbocycles. The number of hydrogen-bond donors (Lipinski definition) is 1. The largest absolute Gasteiger partial charge is 0.354 e. The Morgan fingerprint density at radius 2 is 1.92 bits per heavy atom. The number of rotatable bonds is 7. The molecule has 0 saturated heterocycles. The van der Waals surface area contributed by atoms with Crippen LogP contribution in [0.3, 0.4) is 0 Å². The molecule has 0 atom stereocenters. The molecule has 136 valence electrons. The van der Waals surface area contributed by atoms with Gasteiger partial charge in [0.2, 0.25) is 5.91 Å². The Hall–Kier alpha value is -1.74. The molecule has 0 bridgehead atoms. The van der Waals surface area contributed by atoms with Gasteiger partial charge in [-0.15, -0.1) is 10.2 Å². The molecule has 0 aliphatic rings. The van der Waals surface area contributed by atoms with Gasteiger partial charge in [-0.25, -0.2) is 8.42 Å². The second-order valence-electron chi connectivity index (χ2n) is 6.01. The van der Waals surface area contributed by atoms with Gasteiger partial charge in [-0.05, 0) is 45.0 Å². The number of carbonyl (C=O) groups excluding carboxylic acids is 1. The zero-order chi connectivity index (χ0) is 18.7. The minimum absolute atomic E-state index is 0.113. The van der Waals surface area contributed by atoms with Gasteiger partial charge in [0.25, 0.3) is 0 Å². The first kappa shape index (κ1) is 19.6. The van der Waals surface area contributed by atoms with Crippen LogP contribution in [-0.4, -0.2) is 40.4 Å². The fraction of sp³-hybridized carbons (Fsp3) is 0.438. The molecule has 1 aromatic heterocycles. The highest BCUT2D eigenvalue weighted by Gasteiger charge is 2.42. The second-order valence-corrected chi connectivity index (χ2v) is 9.42. The van der Waals surface area contributed by atoms with Crippen molar-refractivity contribution in [3.05, 3.63) is 40.9 Å². The zero-order valence-electron chi connectivity index (χ0n) is 14.4. The lowest BCUT2D eigenvalue weighted by Crippen LogP contribution is -2.48. The van der Waals surface area contributed by atoms with Crippen LogP contribution in [0.15, 0.2) is 40.0 Å². The molecular formula is C16H21BrN4O3S. The molecule has 2 aromatic rings. The number of halogens is 1. The van der Waals surface area contributed by atoms with E-state index in [1.54, 1.807) is 18.5 Å². The molecule has 25 heavy (non-hydrogen) atoms. The summed E-state index contributed by atoms with van der Waals surface area (Å²) in [7, 11) is -3.82. The van der Waals surface area contributed by atoms with Crippen LogP contribution >= 0.6 is 15.9 Å². The molecule has 0 radical (unpaired) electrons. The van der Waals surface area contributed by atoms with Gasteiger partial charge in [0.1, 0.15) is 16.9 Å². The van der Waals surface area contributed by atoms with Crippen molar-refractivity contribution in [3.63, 3.8) is 0 Å².